The van der Waals surface area contributed by atoms with Gasteiger partial charge in [-0.15, -0.1) is 6.58 Å². The molecule has 3 nitrogen and oxygen atoms in total. The fourth-order valence-electron chi connectivity index (χ4n) is 2.79. The number of benzene rings is 1. The van der Waals surface area contributed by atoms with Crippen molar-refractivity contribution in [2.24, 2.45) is 0 Å². The Morgan fingerprint density at radius 3 is 2.90 bits per heavy atom. The Labute approximate surface area is 129 Å². The molecule has 1 aliphatic rings. The number of piperazine rings is 1. The van der Waals surface area contributed by atoms with Crippen LogP contribution in [0.4, 0.5) is 0 Å². The van der Waals surface area contributed by atoms with Crippen LogP contribution in [-0.4, -0.2) is 49.8 Å². The molecule has 0 spiro atoms. The smallest absolute Gasteiger partial charge is 0.0593 e. The highest BCUT2D eigenvalue weighted by atomic mass is 16.5. The minimum atomic E-state index is 0.539. The van der Waals surface area contributed by atoms with E-state index in [0.29, 0.717) is 12.1 Å². The van der Waals surface area contributed by atoms with E-state index in [1.807, 2.05) is 6.08 Å². The molecule has 1 aromatic carbocycles. The van der Waals surface area contributed by atoms with Crippen LogP contribution in [0.3, 0.4) is 0 Å². The lowest BCUT2D eigenvalue weighted by atomic mass is 10.0. The highest BCUT2D eigenvalue weighted by Gasteiger charge is 2.24. The van der Waals surface area contributed by atoms with E-state index in [4.69, 9.17) is 4.74 Å². The zero-order valence-electron chi connectivity index (χ0n) is 13.1. The molecule has 2 rings (SSSR count). The van der Waals surface area contributed by atoms with Crippen LogP contribution in [0.5, 0.6) is 0 Å². The SMILES string of the molecule is C=CCCOCCN1CC(Cc2ccccc2)NCC1C. The maximum atomic E-state index is 5.65. The van der Waals surface area contributed by atoms with E-state index in [1.54, 1.807) is 0 Å². The van der Waals surface area contributed by atoms with E-state index in [9.17, 15) is 0 Å². The zero-order valence-corrected chi connectivity index (χ0v) is 13.1. The van der Waals surface area contributed by atoms with Crippen LogP contribution in [0.1, 0.15) is 18.9 Å². The Morgan fingerprint density at radius 2 is 2.14 bits per heavy atom. The van der Waals surface area contributed by atoms with E-state index >= 15 is 0 Å². The summed E-state index contributed by atoms with van der Waals surface area (Å²) in [5.74, 6) is 0. The largest absolute Gasteiger partial charge is 0.380 e. The first-order chi connectivity index (χ1) is 10.3. The van der Waals surface area contributed by atoms with Crippen molar-refractivity contribution in [2.45, 2.75) is 31.8 Å². The molecule has 1 aliphatic heterocycles. The molecule has 0 saturated carbocycles. The van der Waals surface area contributed by atoms with Crippen LogP contribution in [0.25, 0.3) is 0 Å². The van der Waals surface area contributed by atoms with Crippen molar-refractivity contribution in [2.75, 3.05) is 32.8 Å². The Hall–Kier alpha value is -1.16. The number of ether oxygens (including phenoxy) is 1. The maximum Gasteiger partial charge on any atom is 0.0593 e. The second kappa shape index (κ2) is 8.98. The Balaban J connectivity index is 1.75. The molecule has 1 heterocycles. The predicted octanol–water partition coefficient (Wildman–Crippen LogP) is 2.48. The van der Waals surface area contributed by atoms with Gasteiger partial charge in [-0.3, -0.25) is 4.90 Å². The summed E-state index contributed by atoms with van der Waals surface area (Å²) in [7, 11) is 0. The summed E-state index contributed by atoms with van der Waals surface area (Å²) < 4.78 is 5.65. The van der Waals surface area contributed by atoms with Crippen molar-refractivity contribution in [1.29, 1.82) is 0 Å². The van der Waals surface area contributed by atoms with Gasteiger partial charge in [-0.05, 0) is 25.3 Å². The van der Waals surface area contributed by atoms with Crippen molar-refractivity contribution in [1.82, 2.24) is 10.2 Å². The summed E-state index contributed by atoms with van der Waals surface area (Å²) in [5.41, 5.74) is 1.41. The molecule has 0 amide bonds. The van der Waals surface area contributed by atoms with E-state index in [-0.39, 0.29) is 0 Å². The van der Waals surface area contributed by atoms with Crippen molar-refractivity contribution in [3.63, 3.8) is 0 Å². The van der Waals surface area contributed by atoms with Gasteiger partial charge in [-0.2, -0.15) is 0 Å². The number of nitrogens with one attached hydrogen (secondary N) is 1. The lowest BCUT2D eigenvalue weighted by molar-refractivity contribution is 0.0722. The first kappa shape index (κ1) is 16.2. The number of hydrogen-bond donors (Lipinski definition) is 1. The van der Waals surface area contributed by atoms with Crippen molar-refractivity contribution in [3.05, 3.63) is 48.6 Å². The highest BCUT2D eigenvalue weighted by Crippen LogP contribution is 2.11. The molecule has 0 bridgehead atoms. The van der Waals surface area contributed by atoms with Gasteiger partial charge in [0.05, 0.1) is 13.2 Å². The summed E-state index contributed by atoms with van der Waals surface area (Å²) in [4.78, 5) is 2.54. The minimum absolute atomic E-state index is 0.539. The fraction of sp³-hybridized carbons (Fsp3) is 0.556. The Bertz CT molecular complexity index is 407. The third-order valence-corrected chi connectivity index (χ3v) is 4.09. The van der Waals surface area contributed by atoms with Gasteiger partial charge in [0.25, 0.3) is 0 Å². The molecule has 21 heavy (non-hydrogen) atoms. The van der Waals surface area contributed by atoms with Crippen LogP contribution < -0.4 is 5.32 Å². The maximum absolute atomic E-state index is 5.65. The number of rotatable bonds is 8. The molecule has 0 aliphatic carbocycles. The molecule has 1 saturated heterocycles. The van der Waals surface area contributed by atoms with E-state index in [1.165, 1.54) is 5.56 Å². The van der Waals surface area contributed by atoms with Crippen LogP contribution in [0, 0.1) is 0 Å². The summed E-state index contributed by atoms with van der Waals surface area (Å²) in [6.45, 7) is 10.8. The van der Waals surface area contributed by atoms with Gasteiger partial charge in [0, 0.05) is 31.7 Å². The highest BCUT2D eigenvalue weighted by molar-refractivity contribution is 5.16. The molecule has 1 fully saturated rings. The standard InChI is InChI=1S/C18H28N2O/c1-3-4-11-21-12-10-20-15-18(19-14-16(20)2)13-17-8-6-5-7-9-17/h3,5-9,16,18-19H,1,4,10-15H2,2H3. The van der Waals surface area contributed by atoms with Crippen LogP contribution in [-0.2, 0) is 11.2 Å². The lowest BCUT2D eigenvalue weighted by Crippen LogP contribution is -2.56. The molecule has 1 aromatic rings. The Morgan fingerprint density at radius 1 is 1.33 bits per heavy atom. The van der Waals surface area contributed by atoms with E-state index in [0.717, 1.165) is 45.7 Å². The van der Waals surface area contributed by atoms with E-state index in [2.05, 4.69) is 54.1 Å². The van der Waals surface area contributed by atoms with Gasteiger partial charge < -0.3 is 10.1 Å². The first-order valence-electron chi connectivity index (χ1n) is 7.99. The molecule has 1 N–H and O–H groups in total. The Kier molecular flexibility index (Phi) is 6.93. The normalized spacial score (nSPS) is 23.1. The minimum Gasteiger partial charge on any atom is -0.380 e. The first-order valence-corrected chi connectivity index (χ1v) is 7.99. The molecular weight excluding hydrogens is 260 g/mol. The van der Waals surface area contributed by atoms with Crippen LogP contribution in [0.2, 0.25) is 0 Å². The second-order valence-electron chi connectivity index (χ2n) is 5.83. The quantitative estimate of drug-likeness (QED) is 0.587. The van der Waals surface area contributed by atoms with Crippen molar-refractivity contribution < 1.29 is 4.74 Å². The van der Waals surface area contributed by atoms with Gasteiger partial charge in [-0.25, -0.2) is 0 Å². The third-order valence-electron chi connectivity index (χ3n) is 4.09. The van der Waals surface area contributed by atoms with Crippen LogP contribution in [0.15, 0.2) is 43.0 Å². The molecule has 2 unspecified atom stereocenters. The topological polar surface area (TPSA) is 24.5 Å². The van der Waals surface area contributed by atoms with Gasteiger partial charge in [0.15, 0.2) is 0 Å². The van der Waals surface area contributed by atoms with Crippen molar-refractivity contribution >= 4 is 0 Å². The lowest BCUT2D eigenvalue weighted by Gasteiger charge is -2.38. The summed E-state index contributed by atoms with van der Waals surface area (Å²) in [5, 5.41) is 3.66. The average Bonchev–Trinajstić information content (AvgIpc) is 2.51. The summed E-state index contributed by atoms with van der Waals surface area (Å²) in [6, 6.07) is 11.9. The van der Waals surface area contributed by atoms with Gasteiger partial charge in [-0.1, -0.05) is 36.4 Å². The van der Waals surface area contributed by atoms with E-state index < -0.39 is 0 Å². The monoisotopic (exact) mass is 288 g/mol. The zero-order chi connectivity index (χ0) is 14.9. The predicted molar refractivity (Wildman–Crippen MR) is 88.6 cm³/mol. The summed E-state index contributed by atoms with van der Waals surface area (Å²) in [6.07, 6.45) is 3.94. The van der Waals surface area contributed by atoms with Crippen LogP contribution >= 0.6 is 0 Å². The summed E-state index contributed by atoms with van der Waals surface area (Å²) >= 11 is 0. The van der Waals surface area contributed by atoms with Gasteiger partial charge in [0.2, 0.25) is 0 Å². The number of hydrogen-bond acceptors (Lipinski definition) is 3. The molecular formula is C18H28N2O. The fourth-order valence-corrected chi connectivity index (χ4v) is 2.79. The van der Waals surface area contributed by atoms with Gasteiger partial charge in [0.1, 0.15) is 0 Å². The molecule has 0 aromatic heterocycles. The average molecular weight is 288 g/mol. The third kappa shape index (κ3) is 5.62. The molecule has 3 heteroatoms. The number of nitrogens with zero attached hydrogens (tertiary/aromatic N) is 1. The molecule has 0 radical (unpaired) electrons. The molecule has 116 valence electrons. The second-order valence-corrected chi connectivity index (χ2v) is 5.83. The van der Waals surface area contributed by atoms with Gasteiger partial charge >= 0.3 is 0 Å². The molecule has 2 atom stereocenters. The van der Waals surface area contributed by atoms with Crippen molar-refractivity contribution in [3.8, 4) is 0 Å².